The fourth-order valence-electron chi connectivity index (χ4n) is 2.10. The van der Waals surface area contributed by atoms with Crippen LogP contribution in [-0.2, 0) is 4.79 Å². The zero-order valence-corrected chi connectivity index (χ0v) is 11.7. The highest BCUT2D eigenvalue weighted by Crippen LogP contribution is 2.24. The van der Waals surface area contributed by atoms with E-state index in [-0.39, 0.29) is 5.76 Å². The largest absolute Gasteiger partial charge is 0.480 e. The van der Waals surface area contributed by atoms with Crippen molar-refractivity contribution in [1.29, 1.82) is 0 Å². The topological polar surface area (TPSA) is 79.5 Å². The van der Waals surface area contributed by atoms with E-state index in [2.05, 4.69) is 5.32 Å². The molecule has 0 saturated heterocycles. The zero-order valence-electron chi connectivity index (χ0n) is 11.7. The smallest absolute Gasteiger partial charge is 0.326 e. The quantitative estimate of drug-likeness (QED) is 0.856. The van der Waals surface area contributed by atoms with Gasteiger partial charge in [0.25, 0.3) is 5.91 Å². The van der Waals surface area contributed by atoms with E-state index in [1.165, 1.54) is 6.26 Å². The van der Waals surface area contributed by atoms with Gasteiger partial charge in [0.15, 0.2) is 5.76 Å². The Morgan fingerprint density at radius 3 is 2.57 bits per heavy atom. The molecule has 0 saturated carbocycles. The molecule has 0 radical (unpaired) electrons. The lowest BCUT2D eigenvalue weighted by Gasteiger charge is -2.13. The van der Waals surface area contributed by atoms with Gasteiger partial charge in [-0.05, 0) is 18.1 Å². The number of carboxylic acid groups (broad SMARTS) is 1. The summed E-state index contributed by atoms with van der Waals surface area (Å²) in [4.78, 5) is 23.3. The summed E-state index contributed by atoms with van der Waals surface area (Å²) in [5.74, 6) is -1.43. The van der Waals surface area contributed by atoms with Crippen molar-refractivity contribution in [3.8, 4) is 11.1 Å². The van der Waals surface area contributed by atoms with Crippen LogP contribution in [0.4, 0.5) is 0 Å². The van der Waals surface area contributed by atoms with Crippen LogP contribution in [-0.4, -0.2) is 23.0 Å². The van der Waals surface area contributed by atoms with Gasteiger partial charge in [0.2, 0.25) is 0 Å². The average Bonchev–Trinajstić information content (AvgIpc) is 2.97. The lowest BCUT2D eigenvalue weighted by Crippen LogP contribution is -2.40. The molecule has 2 aromatic rings. The molecule has 1 unspecified atom stereocenters. The van der Waals surface area contributed by atoms with E-state index in [4.69, 9.17) is 9.52 Å². The van der Waals surface area contributed by atoms with Gasteiger partial charge in [-0.15, -0.1) is 0 Å². The Morgan fingerprint density at radius 1 is 1.24 bits per heavy atom. The number of carboxylic acids is 1. The summed E-state index contributed by atoms with van der Waals surface area (Å²) in [5, 5.41) is 11.6. The van der Waals surface area contributed by atoms with E-state index >= 15 is 0 Å². The molecule has 110 valence electrons. The van der Waals surface area contributed by atoms with Gasteiger partial charge >= 0.3 is 5.97 Å². The van der Waals surface area contributed by atoms with Crippen LogP contribution < -0.4 is 5.32 Å². The van der Waals surface area contributed by atoms with Gasteiger partial charge in [0, 0.05) is 5.56 Å². The van der Waals surface area contributed by atoms with Crippen LogP contribution in [0.1, 0.15) is 30.3 Å². The summed E-state index contributed by atoms with van der Waals surface area (Å²) in [6.45, 7) is 1.87. The van der Waals surface area contributed by atoms with Crippen LogP contribution >= 0.6 is 0 Å². The normalized spacial score (nSPS) is 11.9. The van der Waals surface area contributed by atoms with E-state index in [1.54, 1.807) is 6.07 Å². The Balaban J connectivity index is 2.21. The average molecular weight is 287 g/mol. The van der Waals surface area contributed by atoms with E-state index in [1.807, 2.05) is 37.3 Å². The fraction of sp³-hybridized carbons (Fsp3) is 0.250. The monoisotopic (exact) mass is 287 g/mol. The van der Waals surface area contributed by atoms with Gasteiger partial charge in [-0.3, -0.25) is 4.79 Å². The second-order valence-corrected chi connectivity index (χ2v) is 4.68. The van der Waals surface area contributed by atoms with Crippen molar-refractivity contribution < 1.29 is 19.1 Å². The molecule has 5 heteroatoms. The minimum Gasteiger partial charge on any atom is -0.480 e. The molecule has 5 nitrogen and oxygen atoms in total. The van der Waals surface area contributed by atoms with Crippen LogP contribution in [0.3, 0.4) is 0 Å². The van der Waals surface area contributed by atoms with Gasteiger partial charge in [0.1, 0.15) is 6.04 Å². The summed E-state index contributed by atoms with van der Waals surface area (Å²) in [6, 6.07) is 10.1. The van der Waals surface area contributed by atoms with Gasteiger partial charge in [-0.1, -0.05) is 43.7 Å². The van der Waals surface area contributed by atoms with E-state index in [0.29, 0.717) is 18.4 Å². The van der Waals surface area contributed by atoms with Crippen LogP contribution in [0.2, 0.25) is 0 Å². The molecule has 1 heterocycles. The molecule has 1 aromatic heterocycles. The predicted molar refractivity (Wildman–Crippen MR) is 77.9 cm³/mol. The van der Waals surface area contributed by atoms with E-state index in [0.717, 1.165) is 5.56 Å². The molecule has 0 aliphatic heterocycles. The second-order valence-electron chi connectivity index (χ2n) is 4.68. The number of hydrogen-bond acceptors (Lipinski definition) is 3. The first kappa shape index (κ1) is 14.8. The maximum absolute atomic E-state index is 12.2. The molecule has 0 spiro atoms. The van der Waals surface area contributed by atoms with Crippen LogP contribution in [0.5, 0.6) is 0 Å². The van der Waals surface area contributed by atoms with Gasteiger partial charge in [0.05, 0.1) is 6.26 Å². The molecule has 21 heavy (non-hydrogen) atoms. The molecular weight excluding hydrogens is 270 g/mol. The van der Waals surface area contributed by atoms with Crippen molar-refractivity contribution in [2.24, 2.45) is 0 Å². The van der Waals surface area contributed by atoms with Gasteiger partial charge < -0.3 is 14.8 Å². The van der Waals surface area contributed by atoms with E-state index < -0.39 is 17.9 Å². The number of benzene rings is 1. The predicted octanol–water partition coefficient (Wildman–Crippen LogP) is 2.93. The van der Waals surface area contributed by atoms with Crippen molar-refractivity contribution in [3.05, 3.63) is 48.4 Å². The van der Waals surface area contributed by atoms with Crippen molar-refractivity contribution in [2.75, 3.05) is 0 Å². The number of rotatable bonds is 6. The third-order valence-corrected chi connectivity index (χ3v) is 3.14. The molecule has 0 aliphatic rings. The first-order valence-corrected chi connectivity index (χ1v) is 6.80. The summed E-state index contributed by atoms with van der Waals surface area (Å²) in [6.07, 6.45) is 2.47. The summed E-state index contributed by atoms with van der Waals surface area (Å²) in [7, 11) is 0. The van der Waals surface area contributed by atoms with Crippen LogP contribution in [0, 0.1) is 0 Å². The van der Waals surface area contributed by atoms with Crippen LogP contribution in [0.15, 0.2) is 47.1 Å². The lowest BCUT2D eigenvalue weighted by molar-refractivity contribution is -0.139. The summed E-state index contributed by atoms with van der Waals surface area (Å²) >= 11 is 0. The highest BCUT2D eigenvalue weighted by Gasteiger charge is 2.23. The number of hydrogen-bond donors (Lipinski definition) is 2. The van der Waals surface area contributed by atoms with Crippen LogP contribution in [0.25, 0.3) is 11.1 Å². The number of carbonyl (C=O) groups is 2. The minimum absolute atomic E-state index is 0.128. The third kappa shape index (κ3) is 3.51. The highest BCUT2D eigenvalue weighted by molar-refractivity contribution is 5.99. The number of nitrogens with one attached hydrogen (secondary N) is 1. The molecule has 2 N–H and O–H groups in total. The standard InChI is InChI=1S/C16H17NO4/c1-2-6-13(16(19)20)17-15(18)14-12(9-10-21-14)11-7-4-3-5-8-11/h3-5,7-10,13H,2,6H2,1H3,(H,17,18)(H,19,20). The Hall–Kier alpha value is -2.56. The zero-order chi connectivity index (χ0) is 15.2. The Kier molecular flexibility index (Phi) is 4.77. The fourth-order valence-corrected chi connectivity index (χ4v) is 2.10. The second kappa shape index (κ2) is 6.74. The Morgan fingerprint density at radius 2 is 1.95 bits per heavy atom. The Labute approximate surface area is 122 Å². The van der Waals surface area contributed by atoms with Gasteiger partial charge in [-0.25, -0.2) is 4.79 Å². The number of amides is 1. The molecule has 1 atom stereocenters. The molecule has 0 bridgehead atoms. The van der Waals surface area contributed by atoms with Crippen molar-refractivity contribution in [3.63, 3.8) is 0 Å². The van der Waals surface area contributed by atoms with Crippen molar-refractivity contribution >= 4 is 11.9 Å². The molecule has 1 amide bonds. The number of aliphatic carboxylic acids is 1. The SMILES string of the molecule is CCCC(NC(=O)c1occc1-c1ccccc1)C(=O)O. The van der Waals surface area contributed by atoms with Gasteiger partial charge in [-0.2, -0.15) is 0 Å². The molecule has 0 aliphatic carbocycles. The van der Waals surface area contributed by atoms with E-state index in [9.17, 15) is 9.59 Å². The summed E-state index contributed by atoms with van der Waals surface area (Å²) in [5.41, 5.74) is 1.49. The maximum Gasteiger partial charge on any atom is 0.326 e. The lowest BCUT2D eigenvalue weighted by atomic mass is 10.1. The van der Waals surface area contributed by atoms with Crippen molar-refractivity contribution in [2.45, 2.75) is 25.8 Å². The minimum atomic E-state index is -1.04. The number of carbonyl (C=O) groups excluding carboxylic acids is 1. The third-order valence-electron chi connectivity index (χ3n) is 3.14. The first-order chi connectivity index (χ1) is 10.1. The number of furan rings is 1. The first-order valence-electron chi connectivity index (χ1n) is 6.80. The molecule has 0 fully saturated rings. The highest BCUT2D eigenvalue weighted by atomic mass is 16.4. The Bertz CT molecular complexity index is 618. The molecular formula is C16H17NO4. The van der Waals surface area contributed by atoms with Crippen molar-refractivity contribution in [1.82, 2.24) is 5.32 Å². The summed E-state index contributed by atoms with van der Waals surface area (Å²) < 4.78 is 5.23. The maximum atomic E-state index is 12.2. The molecule has 2 rings (SSSR count). The molecule has 1 aromatic carbocycles.